The number of carbonyl (C=O) groups excluding carboxylic acids is 2. The van der Waals surface area contributed by atoms with Gasteiger partial charge in [-0.05, 0) is 36.2 Å². The Labute approximate surface area is 154 Å². The number of nitro groups is 1. The van der Waals surface area contributed by atoms with Crippen LogP contribution in [0.1, 0.15) is 35.4 Å². The summed E-state index contributed by atoms with van der Waals surface area (Å²) in [5.41, 5.74) is 0.880. The van der Waals surface area contributed by atoms with Crippen LogP contribution < -0.4 is 4.74 Å². The van der Waals surface area contributed by atoms with Crippen LogP contribution in [0.2, 0.25) is 0 Å². The predicted octanol–water partition coefficient (Wildman–Crippen LogP) is 3.21. The van der Waals surface area contributed by atoms with Crippen LogP contribution in [0.3, 0.4) is 0 Å². The molecule has 2 aromatic rings. The Hall–Kier alpha value is -3.26. The molecule has 0 amide bonds. The molecule has 0 unspecified atom stereocenters. The summed E-state index contributed by atoms with van der Waals surface area (Å²) in [6.45, 7) is 2.28. The molecule has 8 heteroatoms. The normalized spacial score (nSPS) is 17.8. The number of nitrogens with zero attached hydrogens (tertiary/aromatic N) is 1. The molecule has 0 aromatic heterocycles. The van der Waals surface area contributed by atoms with Crippen LogP contribution in [0.25, 0.3) is 0 Å². The minimum Gasteiger partial charge on any atom is -0.464 e. The van der Waals surface area contributed by atoms with Crippen molar-refractivity contribution in [3.05, 3.63) is 69.8 Å². The third-order valence-electron chi connectivity index (χ3n) is 3.91. The monoisotopic (exact) mass is 371 g/mol. The van der Waals surface area contributed by atoms with Gasteiger partial charge < -0.3 is 14.2 Å². The van der Waals surface area contributed by atoms with Crippen molar-refractivity contribution >= 4 is 17.6 Å². The van der Waals surface area contributed by atoms with Crippen LogP contribution in [0.5, 0.6) is 5.75 Å². The Morgan fingerprint density at radius 3 is 2.37 bits per heavy atom. The largest absolute Gasteiger partial charge is 0.464 e. The summed E-state index contributed by atoms with van der Waals surface area (Å²) < 4.78 is 15.6. The Morgan fingerprint density at radius 1 is 1.11 bits per heavy atom. The maximum absolute atomic E-state index is 12.1. The fourth-order valence-electron chi connectivity index (χ4n) is 2.44. The fourth-order valence-corrected chi connectivity index (χ4v) is 2.44. The van der Waals surface area contributed by atoms with Gasteiger partial charge in [0.1, 0.15) is 11.9 Å². The highest BCUT2D eigenvalue weighted by Crippen LogP contribution is 2.40. The highest BCUT2D eigenvalue weighted by Gasteiger charge is 2.47. The average Bonchev–Trinajstić information content (AvgIpc) is 3.47. The van der Waals surface area contributed by atoms with E-state index in [1.165, 1.54) is 24.3 Å². The van der Waals surface area contributed by atoms with E-state index >= 15 is 0 Å². The van der Waals surface area contributed by atoms with Crippen molar-refractivity contribution in [3.8, 4) is 5.75 Å². The molecule has 0 spiro atoms. The van der Waals surface area contributed by atoms with Crippen molar-refractivity contribution in [1.29, 1.82) is 0 Å². The molecule has 1 aliphatic heterocycles. The first-order chi connectivity index (χ1) is 13.0. The van der Waals surface area contributed by atoms with E-state index in [0.29, 0.717) is 12.4 Å². The maximum Gasteiger partial charge on any atom is 0.343 e. The first-order valence-corrected chi connectivity index (χ1v) is 8.38. The number of benzene rings is 2. The minimum atomic E-state index is -0.624. The highest BCUT2D eigenvalue weighted by atomic mass is 16.6. The van der Waals surface area contributed by atoms with Crippen molar-refractivity contribution in [2.75, 3.05) is 6.61 Å². The molecule has 0 bridgehead atoms. The number of rotatable bonds is 7. The molecule has 0 saturated carbocycles. The second kappa shape index (κ2) is 7.96. The quantitative estimate of drug-likeness (QED) is 0.242. The van der Waals surface area contributed by atoms with Crippen molar-refractivity contribution in [2.24, 2.45) is 0 Å². The SMILES string of the molecule is CCCOC(=O)[C@@H]1O[C@H]1c1ccc(OC(=O)c2ccc([N+](=O)[O-])cc2)cc1. The van der Waals surface area contributed by atoms with Crippen molar-refractivity contribution < 1.29 is 28.7 Å². The van der Waals surface area contributed by atoms with E-state index in [4.69, 9.17) is 14.2 Å². The Kier molecular flexibility index (Phi) is 5.46. The lowest BCUT2D eigenvalue weighted by Crippen LogP contribution is -2.12. The van der Waals surface area contributed by atoms with Gasteiger partial charge in [-0.15, -0.1) is 0 Å². The molecule has 1 aliphatic rings. The summed E-state index contributed by atoms with van der Waals surface area (Å²) in [4.78, 5) is 33.9. The minimum absolute atomic E-state index is 0.104. The molecule has 8 nitrogen and oxygen atoms in total. The van der Waals surface area contributed by atoms with Gasteiger partial charge in [0.05, 0.1) is 17.1 Å². The van der Waals surface area contributed by atoms with Gasteiger partial charge in [0, 0.05) is 12.1 Å². The van der Waals surface area contributed by atoms with E-state index in [1.54, 1.807) is 24.3 Å². The van der Waals surface area contributed by atoms with E-state index in [9.17, 15) is 19.7 Å². The highest BCUT2D eigenvalue weighted by molar-refractivity contribution is 5.91. The second-order valence-corrected chi connectivity index (χ2v) is 5.91. The van der Waals surface area contributed by atoms with E-state index in [2.05, 4.69) is 0 Å². The molecule has 0 N–H and O–H groups in total. The number of hydrogen-bond acceptors (Lipinski definition) is 7. The molecule has 27 heavy (non-hydrogen) atoms. The third-order valence-corrected chi connectivity index (χ3v) is 3.91. The van der Waals surface area contributed by atoms with Crippen LogP contribution in [0.15, 0.2) is 48.5 Å². The van der Waals surface area contributed by atoms with Gasteiger partial charge in [-0.1, -0.05) is 19.1 Å². The molecule has 0 aliphatic carbocycles. The summed E-state index contributed by atoms with van der Waals surface area (Å²) in [6, 6.07) is 11.7. The van der Waals surface area contributed by atoms with E-state index in [1.807, 2.05) is 6.92 Å². The van der Waals surface area contributed by atoms with Crippen LogP contribution in [0, 0.1) is 10.1 Å². The molecule has 2 aromatic carbocycles. The van der Waals surface area contributed by atoms with Gasteiger partial charge in [-0.25, -0.2) is 9.59 Å². The zero-order valence-electron chi connectivity index (χ0n) is 14.5. The maximum atomic E-state index is 12.1. The Morgan fingerprint density at radius 2 is 1.78 bits per heavy atom. The lowest BCUT2D eigenvalue weighted by Gasteiger charge is -2.05. The number of carbonyl (C=O) groups is 2. The van der Waals surface area contributed by atoms with Crippen LogP contribution in [-0.2, 0) is 14.3 Å². The topological polar surface area (TPSA) is 108 Å². The number of ether oxygens (including phenoxy) is 3. The zero-order valence-corrected chi connectivity index (χ0v) is 14.5. The van der Waals surface area contributed by atoms with Crippen molar-refractivity contribution in [2.45, 2.75) is 25.6 Å². The standard InChI is InChI=1S/C19H17NO7/c1-2-11-25-19(22)17-16(27-17)12-5-9-15(10-6-12)26-18(21)13-3-7-14(8-4-13)20(23)24/h3-10,16-17H,2,11H2,1H3/t16-,17+/m0/s1. The van der Waals surface area contributed by atoms with Crippen molar-refractivity contribution in [1.82, 2.24) is 0 Å². The number of esters is 2. The molecule has 1 saturated heterocycles. The molecule has 3 rings (SSSR count). The summed E-state index contributed by atoms with van der Waals surface area (Å²) >= 11 is 0. The molecule has 2 atom stereocenters. The molecule has 1 fully saturated rings. The molecule has 0 radical (unpaired) electrons. The second-order valence-electron chi connectivity index (χ2n) is 5.91. The van der Waals surface area contributed by atoms with Crippen LogP contribution >= 0.6 is 0 Å². The molecular formula is C19H17NO7. The predicted molar refractivity (Wildman–Crippen MR) is 93.4 cm³/mol. The van der Waals surface area contributed by atoms with Gasteiger partial charge in [0.15, 0.2) is 6.10 Å². The van der Waals surface area contributed by atoms with Gasteiger partial charge in [-0.3, -0.25) is 10.1 Å². The number of non-ortho nitro benzene ring substituents is 1. The lowest BCUT2D eigenvalue weighted by atomic mass is 10.1. The van der Waals surface area contributed by atoms with Crippen molar-refractivity contribution in [3.63, 3.8) is 0 Å². The Balaban J connectivity index is 1.57. The summed E-state index contributed by atoms with van der Waals surface area (Å²) in [5.74, 6) is -0.690. The van der Waals surface area contributed by atoms with Gasteiger partial charge in [-0.2, -0.15) is 0 Å². The average molecular weight is 371 g/mol. The Bertz CT molecular complexity index is 845. The molecule has 1 heterocycles. The first kappa shape index (κ1) is 18.5. The third kappa shape index (κ3) is 4.48. The van der Waals surface area contributed by atoms with E-state index < -0.39 is 17.0 Å². The fraction of sp³-hybridized carbons (Fsp3) is 0.263. The number of epoxide rings is 1. The van der Waals surface area contributed by atoms with E-state index in [0.717, 1.165) is 12.0 Å². The molecular weight excluding hydrogens is 354 g/mol. The van der Waals surface area contributed by atoms with Gasteiger partial charge in [0.25, 0.3) is 5.69 Å². The summed E-state index contributed by atoms with van der Waals surface area (Å²) in [6.07, 6.45) is -0.198. The first-order valence-electron chi connectivity index (χ1n) is 8.38. The summed E-state index contributed by atoms with van der Waals surface area (Å²) in [7, 11) is 0. The number of nitro benzene ring substituents is 1. The summed E-state index contributed by atoms with van der Waals surface area (Å²) in [5, 5.41) is 10.6. The smallest absolute Gasteiger partial charge is 0.343 e. The number of hydrogen-bond donors (Lipinski definition) is 0. The van der Waals surface area contributed by atoms with Gasteiger partial charge in [0.2, 0.25) is 0 Å². The molecule has 140 valence electrons. The zero-order chi connectivity index (χ0) is 19.4. The lowest BCUT2D eigenvalue weighted by molar-refractivity contribution is -0.384. The van der Waals surface area contributed by atoms with Crippen LogP contribution in [0.4, 0.5) is 5.69 Å². The van der Waals surface area contributed by atoms with Gasteiger partial charge >= 0.3 is 11.9 Å². The van der Waals surface area contributed by atoms with E-state index in [-0.39, 0.29) is 23.3 Å². The van der Waals surface area contributed by atoms with Crippen LogP contribution in [-0.4, -0.2) is 29.6 Å².